The van der Waals surface area contributed by atoms with Gasteiger partial charge < -0.3 is 9.73 Å². The second-order valence-corrected chi connectivity index (χ2v) is 9.48. The van der Waals surface area contributed by atoms with Crippen molar-refractivity contribution in [3.05, 3.63) is 80.9 Å². The van der Waals surface area contributed by atoms with E-state index in [1.807, 2.05) is 0 Å². The highest BCUT2D eigenvalue weighted by atomic mass is 35.5. The molecule has 6 nitrogen and oxygen atoms in total. The number of rotatable bonds is 4. The molecule has 2 heterocycles. The quantitative estimate of drug-likeness (QED) is 0.262. The van der Waals surface area contributed by atoms with Crippen molar-refractivity contribution in [1.82, 2.24) is 10.4 Å². The molecule has 3 aromatic rings. The minimum Gasteiger partial charge on any atom is -0.457 e. The molecular weight excluding hydrogens is 546 g/mol. The molecule has 1 aliphatic rings. The minimum atomic E-state index is -4.49. The summed E-state index contributed by atoms with van der Waals surface area (Å²) in [5, 5.41) is 3.94. The number of hydrogen-bond donors (Lipinski definition) is 2. The molecule has 2 N–H and O–H groups in total. The standard InChI is InChI=1S/C22H12Cl2F3N3O3S2/c23-15-6-4-13(9-16(15)24)28-20(32)29-30-19(31)18(35-21(30)34)10-14-5-7-17(33-14)11-2-1-3-12(8-11)22(25,26)27/h1-10H,(H2,28,29,32)/b18-10+. The van der Waals surface area contributed by atoms with E-state index in [4.69, 9.17) is 39.8 Å². The van der Waals surface area contributed by atoms with Gasteiger partial charge in [-0.25, -0.2) is 10.2 Å². The molecule has 3 amide bonds. The number of halogens is 5. The third kappa shape index (κ3) is 5.81. The molecular formula is C22H12Cl2F3N3O3S2. The molecule has 1 aromatic heterocycles. The zero-order valence-corrected chi connectivity index (χ0v) is 20.3. The molecule has 0 spiro atoms. The lowest BCUT2D eigenvalue weighted by Gasteiger charge is -2.16. The monoisotopic (exact) mass is 557 g/mol. The Bertz CT molecular complexity index is 1380. The van der Waals surface area contributed by atoms with Crippen molar-refractivity contribution in [3.8, 4) is 11.3 Å². The van der Waals surface area contributed by atoms with Gasteiger partial charge in [0, 0.05) is 17.3 Å². The van der Waals surface area contributed by atoms with Crippen LogP contribution >= 0.6 is 47.2 Å². The molecule has 180 valence electrons. The highest BCUT2D eigenvalue weighted by Crippen LogP contribution is 2.35. The molecule has 0 bridgehead atoms. The largest absolute Gasteiger partial charge is 0.457 e. The molecule has 1 aliphatic heterocycles. The molecule has 0 aliphatic carbocycles. The third-order valence-corrected chi connectivity index (χ3v) is 6.60. The first-order chi connectivity index (χ1) is 16.5. The van der Waals surface area contributed by atoms with Gasteiger partial charge in [-0.3, -0.25) is 4.79 Å². The molecule has 1 fully saturated rings. The number of anilines is 1. The van der Waals surface area contributed by atoms with Gasteiger partial charge in [0.25, 0.3) is 5.91 Å². The van der Waals surface area contributed by atoms with Gasteiger partial charge in [0.15, 0.2) is 4.32 Å². The lowest BCUT2D eigenvalue weighted by atomic mass is 10.1. The number of thioether (sulfide) groups is 1. The van der Waals surface area contributed by atoms with Crippen LogP contribution in [0.2, 0.25) is 10.0 Å². The highest BCUT2D eigenvalue weighted by Gasteiger charge is 2.34. The summed E-state index contributed by atoms with van der Waals surface area (Å²) < 4.78 is 44.6. The number of furan rings is 1. The first-order valence-corrected chi connectivity index (χ1v) is 11.6. The van der Waals surface area contributed by atoms with Crippen LogP contribution in [0.25, 0.3) is 17.4 Å². The smallest absolute Gasteiger partial charge is 0.416 e. The van der Waals surface area contributed by atoms with Crippen molar-refractivity contribution in [2.24, 2.45) is 0 Å². The summed E-state index contributed by atoms with van der Waals surface area (Å²) in [5.74, 6) is -0.198. The maximum absolute atomic E-state index is 13.0. The van der Waals surface area contributed by atoms with Crippen molar-refractivity contribution in [2.45, 2.75) is 6.18 Å². The van der Waals surface area contributed by atoms with Gasteiger partial charge in [0.2, 0.25) is 0 Å². The summed E-state index contributed by atoms with van der Waals surface area (Å²) in [5.41, 5.74) is 2.11. The van der Waals surface area contributed by atoms with Crippen molar-refractivity contribution in [2.75, 3.05) is 5.32 Å². The third-order valence-electron chi connectivity index (χ3n) is 4.56. The molecule has 0 unspecified atom stereocenters. The predicted molar refractivity (Wildman–Crippen MR) is 133 cm³/mol. The maximum atomic E-state index is 13.0. The van der Waals surface area contributed by atoms with Crippen LogP contribution < -0.4 is 10.7 Å². The number of amides is 3. The topological polar surface area (TPSA) is 74.6 Å². The summed E-state index contributed by atoms with van der Waals surface area (Å²) in [7, 11) is 0. The molecule has 13 heteroatoms. The molecule has 4 rings (SSSR count). The highest BCUT2D eigenvalue weighted by molar-refractivity contribution is 8.26. The summed E-state index contributed by atoms with van der Waals surface area (Å²) in [6, 6.07) is 11.4. The van der Waals surface area contributed by atoms with Crippen LogP contribution in [0.5, 0.6) is 0 Å². The van der Waals surface area contributed by atoms with E-state index in [0.29, 0.717) is 10.7 Å². The van der Waals surface area contributed by atoms with E-state index < -0.39 is 23.7 Å². The number of hydrazine groups is 1. The predicted octanol–water partition coefficient (Wildman–Crippen LogP) is 7.21. The van der Waals surface area contributed by atoms with Gasteiger partial charge in [-0.15, -0.1) is 0 Å². The van der Waals surface area contributed by atoms with E-state index in [-0.39, 0.29) is 31.3 Å². The van der Waals surface area contributed by atoms with Crippen LogP contribution in [0.1, 0.15) is 11.3 Å². The summed E-state index contributed by atoms with van der Waals surface area (Å²) in [6.45, 7) is 0. The van der Waals surface area contributed by atoms with Gasteiger partial charge in [0.1, 0.15) is 11.5 Å². The summed E-state index contributed by atoms with van der Waals surface area (Å²) in [4.78, 5) is 25.2. The van der Waals surface area contributed by atoms with Crippen LogP contribution in [0.3, 0.4) is 0 Å². The lowest BCUT2D eigenvalue weighted by molar-refractivity contribution is -0.137. The van der Waals surface area contributed by atoms with E-state index >= 15 is 0 Å². The van der Waals surface area contributed by atoms with Gasteiger partial charge in [-0.2, -0.15) is 18.2 Å². The number of carbonyl (C=O) groups excluding carboxylic acids is 2. The van der Waals surface area contributed by atoms with Gasteiger partial charge in [-0.05, 0) is 54.7 Å². The van der Waals surface area contributed by atoms with E-state index in [1.54, 1.807) is 0 Å². The number of carbonyl (C=O) groups is 2. The molecule has 1 saturated heterocycles. The summed E-state index contributed by atoms with van der Waals surface area (Å²) in [6.07, 6.45) is -3.10. The van der Waals surface area contributed by atoms with Gasteiger partial charge >= 0.3 is 12.2 Å². The van der Waals surface area contributed by atoms with Crippen LogP contribution in [0.15, 0.2) is 63.9 Å². The number of hydrogen-bond acceptors (Lipinski definition) is 5. The second kappa shape index (κ2) is 9.94. The van der Waals surface area contributed by atoms with Crippen LogP contribution in [-0.2, 0) is 11.0 Å². The first kappa shape index (κ1) is 25.1. The van der Waals surface area contributed by atoms with Gasteiger partial charge in [-0.1, -0.05) is 47.1 Å². The fourth-order valence-corrected chi connectivity index (χ4v) is 4.42. The Balaban J connectivity index is 1.46. The fourth-order valence-electron chi connectivity index (χ4n) is 2.96. The number of urea groups is 1. The Labute approximate surface area is 216 Å². The average molecular weight is 558 g/mol. The van der Waals surface area contributed by atoms with E-state index in [0.717, 1.165) is 28.9 Å². The van der Waals surface area contributed by atoms with Crippen LogP contribution in [0.4, 0.5) is 23.7 Å². The van der Waals surface area contributed by atoms with E-state index in [9.17, 15) is 22.8 Å². The Kier molecular flexibility index (Phi) is 7.13. The lowest BCUT2D eigenvalue weighted by Crippen LogP contribution is -2.46. The number of nitrogens with zero attached hydrogens (tertiary/aromatic N) is 1. The SMILES string of the molecule is O=C(Nc1ccc(Cl)c(Cl)c1)NN1C(=O)/C(=C\c2ccc(-c3cccc(C(F)(F)F)c3)o2)SC1=S. The Morgan fingerprint density at radius 2 is 1.86 bits per heavy atom. The zero-order chi connectivity index (χ0) is 25.3. The molecule has 2 aromatic carbocycles. The van der Waals surface area contributed by atoms with E-state index in [2.05, 4.69) is 10.7 Å². The van der Waals surface area contributed by atoms with Crippen molar-refractivity contribution >= 4 is 75.2 Å². The molecule has 0 radical (unpaired) electrons. The Morgan fingerprint density at radius 3 is 2.57 bits per heavy atom. The van der Waals surface area contributed by atoms with Crippen LogP contribution in [0, 0.1) is 0 Å². The Hall–Kier alpha value is -2.99. The molecule has 0 atom stereocenters. The number of alkyl halides is 3. The number of thiocarbonyl (C=S) groups is 1. The number of nitrogens with one attached hydrogen (secondary N) is 2. The van der Waals surface area contributed by atoms with Gasteiger partial charge in [0.05, 0.1) is 20.5 Å². The number of benzene rings is 2. The molecule has 0 saturated carbocycles. The minimum absolute atomic E-state index is 0.0650. The fraction of sp³-hybridized carbons (Fsp3) is 0.0455. The second-order valence-electron chi connectivity index (χ2n) is 6.99. The zero-order valence-electron chi connectivity index (χ0n) is 17.2. The van der Waals surface area contributed by atoms with E-state index in [1.165, 1.54) is 48.5 Å². The summed E-state index contributed by atoms with van der Waals surface area (Å²) >= 11 is 17.9. The normalized spacial score (nSPS) is 15.1. The average Bonchev–Trinajstić information content (AvgIpc) is 3.36. The van der Waals surface area contributed by atoms with Crippen molar-refractivity contribution in [1.29, 1.82) is 0 Å². The van der Waals surface area contributed by atoms with Crippen molar-refractivity contribution < 1.29 is 27.2 Å². The molecule has 35 heavy (non-hydrogen) atoms. The Morgan fingerprint density at radius 1 is 1.09 bits per heavy atom. The first-order valence-electron chi connectivity index (χ1n) is 9.59. The van der Waals surface area contributed by atoms with Crippen LogP contribution in [-0.4, -0.2) is 21.3 Å². The van der Waals surface area contributed by atoms with Crippen molar-refractivity contribution in [3.63, 3.8) is 0 Å². The maximum Gasteiger partial charge on any atom is 0.416 e.